The maximum Gasteiger partial charge on any atom is 0.338 e. The van der Waals surface area contributed by atoms with Crippen molar-refractivity contribution in [3.63, 3.8) is 0 Å². The summed E-state index contributed by atoms with van der Waals surface area (Å²) in [6.45, 7) is 4.24. The molecule has 0 bridgehead atoms. The van der Waals surface area contributed by atoms with E-state index in [-0.39, 0.29) is 22.8 Å². The molecule has 1 aliphatic rings. The van der Waals surface area contributed by atoms with E-state index in [0.29, 0.717) is 5.92 Å². The minimum atomic E-state index is -1.10. The Labute approximate surface area is 112 Å². The van der Waals surface area contributed by atoms with Crippen LogP contribution in [0.25, 0.3) is 0 Å². The number of carbonyl (C=O) groups excluding carboxylic acids is 1. The van der Waals surface area contributed by atoms with Crippen molar-refractivity contribution in [3.05, 3.63) is 23.7 Å². The number of carboxylic acids is 1. The molecule has 5 nitrogen and oxygen atoms in total. The highest BCUT2D eigenvalue weighted by molar-refractivity contribution is 5.95. The standard InChI is InChI=1S/C14H19NO4/c1-9-3-5-14(2,6-4-9)15-12(16)11-7-10(8-19-11)13(17)18/h7-9H,3-6H2,1-2H3,(H,15,16)(H,17,18). The number of carbonyl (C=O) groups is 2. The van der Waals surface area contributed by atoms with E-state index in [2.05, 4.69) is 12.2 Å². The van der Waals surface area contributed by atoms with Gasteiger partial charge in [-0.3, -0.25) is 4.79 Å². The molecule has 0 aliphatic heterocycles. The molecule has 0 radical (unpaired) electrons. The van der Waals surface area contributed by atoms with E-state index < -0.39 is 5.97 Å². The van der Waals surface area contributed by atoms with Crippen LogP contribution in [0.2, 0.25) is 0 Å². The lowest BCUT2D eigenvalue weighted by atomic mass is 9.78. The molecule has 0 saturated heterocycles. The van der Waals surface area contributed by atoms with Gasteiger partial charge in [0.15, 0.2) is 5.76 Å². The van der Waals surface area contributed by atoms with Crippen LogP contribution in [-0.4, -0.2) is 22.5 Å². The average Bonchev–Trinajstić information content (AvgIpc) is 2.83. The highest BCUT2D eigenvalue weighted by Gasteiger charge is 2.32. The van der Waals surface area contributed by atoms with Gasteiger partial charge in [0.05, 0.1) is 5.56 Å². The Hall–Kier alpha value is -1.78. The summed E-state index contributed by atoms with van der Waals surface area (Å²) in [6.07, 6.45) is 5.14. The monoisotopic (exact) mass is 265 g/mol. The SMILES string of the molecule is CC1CCC(C)(NC(=O)c2cc(C(=O)O)co2)CC1. The van der Waals surface area contributed by atoms with E-state index >= 15 is 0 Å². The lowest BCUT2D eigenvalue weighted by Crippen LogP contribution is -2.48. The third-order valence-electron chi connectivity index (χ3n) is 3.86. The van der Waals surface area contributed by atoms with Gasteiger partial charge in [-0.25, -0.2) is 4.79 Å². The molecule has 2 N–H and O–H groups in total. The molecule has 1 aromatic heterocycles. The Bertz CT molecular complexity index is 483. The Morgan fingerprint density at radius 3 is 2.58 bits per heavy atom. The molecular formula is C14H19NO4. The maximum absolute atomic E-state index is 12.0. The van der Waals surface area contributed by atoms with Crippen molar-refractivity contribution in [2.45, 2.75) is 45.1 Å². The Kier molecular flexibility index (Phi) is 3.64. The summed E-state index contributed by atoms with van der Waals surface area (Å²) in [5.74, 6) is -0.686. The molecule has 1 amide bonds. The number of rotatable bonds is 3. The van der Waals surface area contributed by atoms with Gasteiger partial charge in [0.1, 0.15) is 6.26 Å². The predicted molar refractivity (Wildman–Crippen MR) is 69.2 cm³/mol. The van der Waals surface area contributed by atoms with Crippen molar-refractivity contribution in [3.8, 4) is 0 Å². The van der Waals surface area contributed by atoms with Crippen molar-refractivity contribution in [1.29, 1.82) is 0 Å². The minimum absolute atomic E-state index is 0.00688. The predicted octanol–water partition coefficient (Wildman–Crippen LogP) is 2.68. The van der Waals surface area contributed by atoms with Gasteiger partial charge in [0, 0.05) is 11.6 Å². The van der Waals surface area contributed by atoms with Crippen molar-refractivity contribution >= 4 is 11.9 Å². The van der Waals surface area contributed by atoms with Crippen LogP contribution in [0.15, 0.2) is 16.7 Å². The second kappa shape index (κ2) is 5.07. The van der Waals surface area contributed by atoms with Gasteiger partial charge in [-0.05, 0) is 38.5 Å². The molecule has 104 valence electrons. The maximum atomic E-state index is 12.0. The molecule has 1 aromatic rings. The van der Waals surface area contributed by atoms with Crippen LogP contribution < -0.4 is 5.32 Å². The van der Waals surface area contributed by atoms with Crippen LogP contribution in [0.1, 0.15) is 60.4 Å². The van der Waals surface area contributed by atoms with Crippen LogP contribution in [0.5, 0.6) is 0 Å². The largest absolute Gasteiger partial charge is 0.478 e. The quantitative estimate of drug-likeness (QED) is 0.880. The topological polar surface area (TPSA) is 79.5 Å². The normalized spacial score (nSPS) is 26.9. The molecule has 5 heteroatoms. The Balaban J connectivity index is 2.02. The first-order chi connectivity index (χ1) is 8.89. The molecule has 1 aliphatic carbocycles. The molecule has 0 aromatic carbocycles. The van der Waals surface area contributed by atoms with Crippen LogP contribution >= 0.6 is 0 Å². The van der Waals surface area contributed by atoms with Gasteiger partial charge < -0.3 is 14.8 Å². The van der Waals surface area contributed by atoms with Crippen LogP contribution in [0.4, 0.5) is 0 Å². The van der Waals surface area contributed by atoms with E-state index in [1.54, 1.807) is 0 Å². The van der Waals surface area contributed by atoms with E-state index in [0.717, 1.165) is 31.9 Å². The number of hydrogen-bond donors (Lipinski definition) is 2. The van der Waals surface area contributed by atoms with Gasteiger partial charge >= 0.3 is 5.97 Å². The number of carboxylic acid groups (broad SMARTS) is 1. The molecule has 0 atom stereocenters. The highest BCUT2D eigenvalue weighted by atomic mass is 16.4. The lowest BCUT2D eigenvalue weighted by Gasteiger charge is -2.36. The number of aromatic carboxylic acids is 1. The fourth-order valence-corrected chi connectivity index (χ4v) is 2.43. The van der Waals surface area contributed by atoms with Gasteiger partial charge in [-0.15, -0.1) is 0 Å². The highest BCUT2D eigenvalue weighted by Crippen LogP contribution is 2.31. The van der Waals surface area contributed by atoms with Crippen molar-refractivity contribution in [2.24, 2.45) is 5.92 Å². The summed E-state index contributed by atoms with van der Waals surface area (Å²) < 4.78 is 5.00. The van der Waals surface area contributed by atoms with Gasteiger partial charge in [0.25, 0.3) is 5.91 Å². The van der Waals surface area contributed by atoms with Crippen molar-refractivity contribution in [1.82, 2.24) is 5.32 Å². The Morgan fingerprint density at radius 1 is 1.42 bits per heavy atom. The average molecular weight is 265 g/mol. The summed E-state index contributed by atoms with van der Waals surface area (Å²) in [4.78, 5) is 22.8. The smallest absolute Gasteiger partial charge is 0.338 e. The zero-order chi connectivity index (χ0) is 14.0. The van der Waals surface area contributed by atoms with Crippen LogP contribution in [0.3, 0.4) is 0 Å². The second-order valence-electron chi connectivity index (χ2n) is 5.70. The number of furan rings is 1. The summed E-state index contributed by atoms with van der Waals surface area (Å²) in [6, 6.07) is 1.26. The van der Waals surface area contributed by atoms with Gasteiger partial charge in [-0.1, -0.05) is 6.92 Å². The Morgan fingerprint density at radius 2 is 2.05 bits per heavy atom. The molecule has 2 rings (SSSR count). The molecule has 0 spiro atoms. The molecule has 1 fully saturated rings. The molecule has 1 heterocycles. The van der Waals surface area contributed by atoms with Crippen LogP contribution in [0, 0.1) is 5.92 Å². The first-order valence-electron chi connectivity index (χ1n) is 6.54. The fraction of sp³-hybridized carbons (Fsp3) is 0.571. The molecule has 0 unspecified atom stereocenters. The third-order valence-corrected chi connectivity index (χ3v) is 3.86. The first kappa shape index (κ1) is 13.6. The van der Waals surface area contributed by atoms with E-state index in [1.807, 2.05) is 6.92 Å². The van der Waals surface area contributed by atoms with Crippen molar-refractivity contribution in [2.75, 3.05) is 0 Å². The van der Waals surface area contributed by atoms with Gasteiger partial charge in [-0.2, -0.15) is 0 Å². The van der Waals surface area contributed by atoms with E-state index in [4.69, 9.17) is 9.52 Å². The third kappa shape index (κ3) is 3.16. The molecule has 1 saturated carbocycles. The van der Waals surface area contributed by atoms with Crippen LogP contribution in [-0.2, 0) is 0 Å². The second-order valence-corrected chi connectivity index (χ2v) is 5.70. The molecular weight excluding hydrogens is 246 g/mol. The zero-order valence-corrected chi connectivity index (χ0v) is 11.2. The van der Waals surface area contributed by atoms with Gasteiger partial charge in [0.2, 0.25) is 0 Å². The lowest BCUT2D eigenvalue weighted by molar-refractivity contribution is 0.0695. The fourth-order valence-electron chi connectivity index (χ4n) is 2.43. The number of hydrogen-bond acceptors (Lipinski definition) is 3. The summed E-state index contributed by atoms with van der Waals surface area (Å²) in [5.41, 5.74) is -0.229. The van der Waals surface area contributed by atoms with E-state index in [9.17, 15) is 9.59 Å². The number of amides is 1. The molecule has 19 heavy (non-hydrogen) atoms. The first-order valence-corrected chi connectivity index (χ1v) is 6.54. The number of nitrogens with one attached hydrogen (secondary N) is 1. The van der Waals surface area contributed by atoms with Crippen molar-refractivity contribution < 1.29 is 19.1 Å². The summed E-state index contributed by atoms with van der Waals surface area (Å²) in [7, 11) is 0. The summed E-state index contributed by atoms with van der Waals surface area (Å²) >= 11 is 0. The minimum Gasteiger partial charge on any atom is -0.478 e. The van der Waals surface area contributed by atoms with E-state index in [1.165, 1.54) is 6.07 Å². The summed E-state index contributed by atoms with van der Waals surface area (Å²) in [5, 5.41) is 11.7. The zero-order valence-electron chi connectivity index (χ0n) is 11.2.